The van der Waals surface area contributed by atoms with Crippen molar-refractivity contribution in [2.45, 2.75) is 45.6 Å². The molecule has 0 fully saturated rings. The van der Waals surface area contributed by atoms with Gasteiger partial charge in [-0.1, -0.05) is 17.3 Å². The van der Waals surface area contributed by atoms with E-state index in [1.54, 1.807) is 6.08 Å². The Labute approximate surface area is 141 Å². The van der Waals surface area contributed by atoms with Crippen molar-refractivity contribution in [3.63, 3.8) is 0 Å². The third-order valence-corrected chi connectivity index (χ3v) is 5.54. The van der Waals surface area contributed by atoms with Gasteiger partial charge in [-0.15, -0.1) is 4.68 Å². The molecule has 0 bridgehead atoms. The highest BCUT2D eigenvalue weighted by molar-refractivity contribution is 5.68. The molecule has 2 nitrogen and oxygen atoms in total. The van der Waals surface area contributed by atoms with Crippen LogP contribution in [0.3, 0.4) is 0 Å². The van der Waals surface area contributed by atoms with Crippen LogP contribution in [0.5, 0.6) is 0 Å². The average molecular weight is 329 g/mol. The van der Waals surface area contributed by atoms with Crippen LogP contribution in [-0.4, -0.2) is 4.68 Å². The summed E-state index contributed by atoms with van der Waals surface area (Å²) in [6.07, 6.45) is 5.61. The van der Waals surface area contributed by atoms with Crippen molar-refractivity contribution in [2.24, 2.45) is 0 Å². The zero-order valence-corrected chi connectivity index (χ0v) is 14.8. The van der Waals surface area contributed by atoms with Crippen LogP contribution in [0.1, 0.15) is 45.9 Å². The van der Waals surface area contributed by atoms with Crippen molar-refractivity contribution >= 4 is 12.3 Å². The molecule has 0 saturated heterocycles. The van der Waals surface area contributed by atoms with Crippen LogP contribution in [0, 0.1) is 11.6 Å². The summed E-state index contributed by atoms with van der Waals surface area (Å²) in [6.45, 7) is 14.1. The van der Waals surface area contributed by atoms with E-state index >= 15 is 0 Å². The summed E-state index contributed by atoms with van der Waals surface area (Å²) in [6, 6.07) is 4.33. The van der Waals surface area contributed by atoms with Gasteiger partial charge >= 0.3 is 0 Å². The SMILES string of the molecule is C=Cc1cc2[n+](n1/C=C\C)C(C)(C)C(C)(C)c1cc(F)cc(F)c1-2. The lowest BCUT2D eigenvalue weighted by Crippen LogP contribution is -2.68. The average Bonchev–Trinajstić information content (AvgIpc) is 2.84. The van der Waals surface area contributed by atoms with E-state index in [2.05, 4.69) is 25.1 Å². The van der Waals surface area contributed by atoms with Gasteiger partial charge in [-0.2, -0.15) is 0 Å². The Morgan fingerprint density at radius 2 is 1.79 bits per heavy atom. The van der Waals surface area contributed by atoms with Crippen molar-refractivity contribution in [1.82, 2.24) is 4.68 Å². The van der Waals surface area contributed by atoms with E-state index in [0.29, 0.717) is 11.1 Å². The molecule has 0 unspecified atom stereocenters. The van der Waals surface area contributed by atoms with E-state index in [4.69, 9.17) is 0 Å². The number of benzene rings is 1. The molecule has 0 atom stereocenters. The van der Waals surface area contributed by atoms with Crippen molar-refractivity contribution in [3.8, 4) is 11.3 Å². The normalized spacial score (nSPS) is 17.6. The van der Waals surface area contributed by atoms with E-state index in [-0.39, 0.29) is 0 Å². The first-order valence-corrected chi connectivity index (χ1v) is 8.10. The van der Waals surface area contributed by atoms with Crippen molar-refractivity contribution in [3.05, 3.63) is 53.7 Å². The highest BCUT2D eigenvalue weighted by atomic mass is 19.1. The predicted molar refractivity (Wildman–Crippen MR) is 93.4 cm³/mol. The number of nitrogens with zero attached hydrogens (tertiary/aromatic N) is 2. The van der Waals surface area contributed by atoms with Crippen LogP contribution >= 0.6 is 0 Å². The maximum Gasteiger partial charge on any atom is 0.243 e. The molecule has 0 amide bonds. The maximum atomic E-state index is 14.7. The summed E-state index contributed by atoms with van der Waals surface area (Å²) in [5.74, 6) is -1.07. The zero-order chi connectivity index (χ0) is 17.9. The van der Waals surface area contributed by atoms with Gasteiger partial charge in [0.05, 0.1) is 17.2 Å². The lowest BCUT2D eigenvalue weighted by atomic mass is 9.65. The second kappa shape index (κ2) is 5.13. The Balaban J connectivity index is 2.53. The van der Waals surface area contributed by atoms with Crippen LogP contribution < -0.4 is 4.68 Å². The molecular weight excluding hydrogens is 306 g/mol. The van der Waals surface area contributed by atoms with E-state index < -0.39 is 22.6 Å². The van der Waals surface area contributed by atoms with Gasteiger partial charge in [0.1, 0.15) is 17.3 Å². The van der Waals surface area contributed by atoms with Crippen molar-refractivity contribution in [1.29, 1.82) is 0 Å². The Morgan fingerprint density at radius 3 is 2.38 bits per heavy atom. The van der Waals surface area contributed by atoms with Crippen LogP contribution in [-0.2, 0) is 11.0 Å². The molecule has 0 N–H and O–H groups in total. The van der Waals surface area contributed by atoms with Gasteiger partial charge < -0.3 is 0 Å². The summed E-state index contributed by atoms with van der Waals surface area (Å²) in [5.41, 5.74) is 1.88. The number of hydrogen-bond donors (Lipinski definition) is 0. The topological polar surface area (TPSA) is 8.81 Å². The molecule has 4 heteroatoms. The molecule has 2 aromatic rings. The summed E-state index contributed by atoms with van der Waals surface area (Å²) >= 11 is 0. The van der Waals surface area contributed by atoms with Gasteiger partial charge in [0.25, 0.3) is 0 Å². The molecular formula is C20H23F2N2+. The molecule has 2 heterocycles. The predicted octanol–water partition coefficient (Wildman–Crippen LogP) is 4.88. The van der Waals surface area contributed by atoms with Crippen LogP contribution in [0.15, 0.2) is 30.9 Å². The van der Waals surface area contributed by atoms with Crippen LogP contribution in [0.25, 0.3) is 23.5 Å². The van der Waals surface area contributed by atoms with Gasteiger partial charge in [-0.05, 0) is 38.5 Å². The smallest absolute Gasteiger partial charge is 0.207 e. The monoisotopic (exact) mass is 329 g/mol. The number of halogens is 2. The van der Waals surface area contributed by atoms with Gasteiger partial charge in [-0.3, -0.25) is 0 Å². The number of aromatic nitrogens is 2. The Hall–Kier alpha value is -2.23. The molecule has 1 aliphatic heterocycles. The van der Waals surface area contributed by atoms with E-state index in [1.807, 2.05) is 43.8 Å². The fourth-order valence-corrected chi connectivity index (χ4v) is 3.61. The minimum Gasteiger partial charge on any atom is -0.207 e. The number of fused-ring (bicyclic) bond motifs is 3. The molecule has 3 rings (SSSR count). The molecule has 24 heavy (non-hydrogen) atoms. The molecule has 0 spiro atoms. The standard InChI is InChI=1S/C20H23F2N2/c1-7-9-23-14(8-2)12-17-18-15(10-13(21)11-16(18)22)19(3,4)20(5,6)24(17)23/h7-12H,2H2,1,3-6H3/q+1/b9-7-. The third kappa shape index (κ3) is 1.95. The highest BCUT2D eigenvalue weighted by Gasteiger charge is 2.56. The number of allylic oxidation sites excluding steroid dienone is 1. The lowest BCUT2D eigenvalue weighted by molar-refractivity contribution is -0.820. The molecule has 1 aromatic heterocycles. The van der Waals surface area contributed by atoms with Crippen LogP contribution in [0.4, 0.5) is 8.78 Å². The molecule has 1 aromatic carbocycles. The van der Waals surface area contributed by atoms with E-state index in [1.165, 1.54) is 6.07 Å². The molecule has 0 aliphatic carbocycles. The molecule has 126 valence electrons. The summed E-state index contributed by atoms with van der Waals surface area (Å²) < 4.78 is 32.7. The summed E-state index contributed by atoms with van der Waals surface area (Å²) in [4.78, 5) is 0. The fraction of sp³-hybridized carbons (Fsp3) is 0.350. The van der Waals surface area contributed by atoms with Gasteiger partial charge in [0.15, 0.2) is 5.54 Å². The second-order valence-electron chi connectivity index (χ2n) is 7.29. The second-order valence-corrected chi connectivity index (χ2v) is 7.29. The summed E-state index contributed by atoms with van der Waals surface area (Å²) in [7, 11) is 0. The molecule has 0 saturated carbocycles. The van der Waals surface area contributed by atoms with E-state index in [0.717, 1.165) is 17.5 Å². The molecule has 0 radical (unpaired) electrons. The van der Waals surface area contributed by atoms with Gasteiger partial charge in [0.2, 0.25) is 5.69 Å². The largest absolute Gasteiger partial charge is 0.243 e. The summed E-state index contributed by atoms with van der Waals surface area (Å²) in [5, 5.41) is 0. The first-order valence-electron chi connectivity index (χ1n) is 8.10. The van der Waals surface area contributed by atoms with Crippen molar-refractivity contribution in [2.75, 3.05) is 0 Å². The minimum absolute atomic E-state index is 0.406. The van der Waals surface area contributed by atoms with Gasteiger partial charge in [-0.25, -0.2) is 8.78 Å². The first-order chi connectivity index (χ1) is 11.2. The minimum atomic E-state index is -0.541. The Kier molecular flexibility index (Phi) is 3.55. The fourth-order valence-electron chi connectivity index (χ4n) is 3.61. The van der Waals surface area contributed by atoms with Gasteiger partial charge in [0, 0.05) is 26.0 Å². The highest BCUT2D eigenvalue weighted by Crippen LogP contribution is 2.47. The number of rotatable bonds is 2. The maximum absolute atomic E-state index is 14.7. The van der Waals surface area contributed by atoms with E-state index in [9.17, 15) is 8.78 Å². The number of hydrogen-bond acceptors (Lipinski definition) is 0. The zero-order valence-electron chi connectivity index (χ0n) is 14.8. The third-order valence-electron chi connectivity index (χ3n) is 5.54. The first kappa shape index (κ1) is 16.6. The quantitative estimate of drug-likeness (QED) is 0.694. The lowest BCUT2D eigenvalue weighted by Gasteiger charge is -2.41. The van der Waals surface area contributed by atoms with Crippen molar-refractivity contribution < 1.29 is 13.5 Å². The Morgan fingerprint density at radius 1 is 1.12 bits per heavy atom. The van der Waals surface area contributed by atoms with Crippen LogP contribution in [0.2, 0.25) is 0 Å². The molecule has 1 aliphatic rings. The Bertz CT molecular complexity index is 870.